The second-order valence-corrected chi connectivity index (χ2v) is 4.43. The molecule has 0 bridgehead atoms. The van der Waals surface area contributed by atoms with Gasteiger partial charge in [0.1, 0.15) is 6.61 Å². The zero-order valence-corrected chi connectivity index (χ0v) is 12.4. The first-order chi connectivity index (χ1) is 11.1. The smallest absolute Gasteiger partial charge is 0.330 e. The van der Waals surface area contributed by atoms with Gasteiger partial charge >= 0.3 is 5.97 Å². The Kier molecular flexibility index (Phi) is 5.56. The van der Waals surface area contributed by atoms with Crippen molar-refractivity contribution in [2.75, 3.05) is 13.2 Å². The average Bonchev–Trinajstić information content (AvgIpc) is 2.57. The highest BCUT2D eigenvalue weighted by molar-refractivity contribution is 5.95. The number of amides is 2. The quantitative estimate of drug-likeness (QED) is 0.463. The molecule has 23 heavy (non-hydrogen) atoms. The van der Waals surface area contributed by atoms with Gasteiger partial charge < -0.3 is 14.2 Å². The molecule has 1 unspecified atom stereocenters. The number of para-hydroxylation sites is 2. The van der Waals surface area contributed by atoms with Gasteiger partial charge in [-0.2, -0.15) is 0 Å². The van der Waals surface area contributed by atoms with Gasteiger partial charge in [0, 0.05) is 12.2 Å². The fourth-order valence-electron chi connectivity index (χ4n) is 1.73. The average molecular weight is 320 g/mol. The van der Waals surface area contributed by atoms with Gasteiger partial charge in [0.05, 0.1) is 6.61 Å². The summed E-state index contributed by atoms with van der Waals surface area (Å²) in [5.74, 6) is -0.888. The van der Waals surface area contributed by atoms with E-state index in [-0.39, 0.29) is 13.2 Å². The van der Waals surface area contributed by atoms with Gasteiger partial charge in [0.2, 0.25) is 6.10 Å². The normalized spacial score (nSPS) is 15.8. The van der Waals surface area contributed by atoms with Crippen LogP contribution in [0.5, 0.6) is 11.5 Å². The molecule has 0 aromatic heterocycles. The number of carbonyl (C=O) groups excluding carboxylic acids is 3. The van der Waals surface area contributed by atoms with E-state index in [1.807, 2.05) is 0 Å². The first kappa shape index (κ1) is 16.3. The minimum atomic E-state index is -0.890. The second-order valence-electron chi connectivity index (χ2n) is 4.43. The first-order valence-corrected chi connectivity index (χ1v) is 6.93. The summed E-state index contributed by atoms with van der Waals surface area (Å²) in [4.78, 5) is 34.4. The monoisotopic (exact) mass is 320 g/mol. The van der Waals surface area contributed by atoms with Gasteiger partial charge in [-0.15, -0.1) is 0 Å². The van der Waals surface area contributed by atoms with E-state index in [0.717, 1.165) is 12.2 Å². The van der Waals surface area contributed by atoms with Crippen LogP contribution in [0.25, 0.3) is 0 Å². The molecule has 0 aliphatic carbocycles. The van der Waals surface area contributed by atoms with Crippen molar-refractivity contribution in [3.8, 4) is 11.5 Å². The van der Waals surface area contributed by atoms with Crippen molar-refractivity contribution in [1.82, 2.24) is 10.9 Å². The SMILES string of the molecule is CCOC(=O)C=CC(=O)NNC(=O)C1COc2ccccc2O1. The zero-order valence-electron chi connectivity index (χ0n) is 12.4. The molecule has 122 valence electrons. The maximum Gasteiger partial charge on any atom is 0.330 e. The number of hydrogen-bond donors (Lipinski definition) is 2. The van der Waals surface area contributed by atoms with Gasteiger partial charge in [-0.25, -0.2) is 4.79 Å². The number of hydrogen-bond acceptors (Lipinski definition) is 6. The highest BCUT2D eigenvalue weighted by Gasteiger charge is 2.27. The molecular weight excluding hydrogens is 304 g/mol. The standard InChI is InChI=1S/C15H16N2O6/c1-2-21-14(19)8-7-13(18)16-17-15(20)12-9-22-10-5-3-4-6-11(10)23-12/h3-8,12H,2,9H2,1H3,(H,16,18)(H,17,20). The molecule has 0 saturated heterocycles. The van der Waals surface area contributed by atoms with Gasteiger partial charge in [-0.3, -0.25) is 20.4 Å². The van der Waals surface area contributed by atoms with Crippen molar-refractivity contribution in [2.24, 2.45) is 0 Å². The molecule has 1 atom stereocenters. The number of hydrazine groups is 1. The van der Waals surface area contributed by atoms with Crippen molar-refractivity contribution < 1.29 is 28.6 Å². The highest BCUT2D eigenvalue weighted by atomic mass is 16.6. The summed E-state index contributed by atoms with van der Waals surface area (Å²) in [7, 11) is 0. The molecule has 8 nitrogen and oxygen atoms in total. The lowest BCUT2D eigenvalue weighted by molar-refractivity contribution is -0.137. The summed E-state index contributed by atoms with van der Waals surface area (Å²) in [6.45, 7) is 1.88. The van der Waals surface area contributed by atoms with Crippen LogP contribution in [0.4, 0.5) is 0 Å². The van der Waals surface area contributed by atoms with Crippen LogP contribution in [0.15, 0.2) is 36.4 Å². The number of benzene rings is 1. The molecule has 0 radical (unpaired) electrons. The highest BCUT2D eigenvalue weighted by Crippen LogP contribution is 2.30. The summed E-state index contributed by atoms with van der Waals surface area (Å²) in [5.41, 5.74) is 4.32. The maximum atomic E-state index is 11.9. The van der Waals surface area contributed by atoms with Crippen molar-refractivity contribution >= 4 is 17.8 Å². The van der Waals surface area contributed by atoms with Gasteiger partial charge in [0.25, 0.3) is 11.8 Å². The Morgan fingerprint density at radius 1 is 1.22 bits per heavy atom. The van der Waals surface area contributed by atoms with Gasteiger partial charge in [0.15, 0.2) is 11.5 Å². The Bertz CT molecular complexity index is 628. The predicted molar refractivity (Wildman–Crippen MR) is 78.4 cm³/mol. The molecule has 1 aliphatic rings. The van der Waals surface area contributed by atoms with Crippen LogP contribution >= 0.6 is 0 Å². The first-order valence-electron chi connectivity index (χ1n) is 6.93. The Balaban J connectivity index is 1.79. The van der Waals surface area contributed by atoms with Crippen LogP contribution in [0.2, 0.25) is 0 Å². The fourth-order valence-corrected chi connectivity index (χ4v) is 1.73. The van der Waals surface area contributed by atoms with E-state index in [4.69, 9.17) is 9.47 Å². The predicted octanol–water partition coefficient (Wildman–Crippen LogP) is 0.0931. The molecule has 2 N–H and O–H groups in total. The van der Waals surface area contributed by atoms with Crippen molar-refractivity contribution in [1.29, 1.82) is 0 Å². The minimum absolute atomic E-state index is 0.0252. The molecule has 1 aromatic rings. The Labute approximate surface area is 132 Å². The molecule has 2 rings (SSSR count). The Morgan fingerprint density at radius 3 is 2.70 bits per heavy atom. The number of nitrogens with one attached hydrogen (secondary N) is 2. The third kappa shape index (κ3) is 4.73. The van der Waals surface area contributed by atoms with E-state index in [2.05, 4.69) is 15.6 Å². The number of rotatable bonds is 4. The van der Waals surface area contributed by atoms with Crippen LogP contribution in [-0.2, 0) is 19.1 Å². The topological polar surface area (TPSA) is 103 Å². The molecule has 8 heteroatoms. The van der Waals surface area contributed by atoms with E-state index in [1.54, 1.807) is 31.2 Å². The van der Waals surface area contributed by atoms with Crippen LogP contribution in [0, 0.1) is 0 Å². The summed E-state index contributed by atoms with van der Waals surface area (Å²) in [6, 6.07) is 6.95. The number of carbonyl (C=O) groups is 3. The molecule has 0 fully saturated rings. The summed E-state index contributed by atoms with van der Waals surface area (Å²) in [6.07, 6.45) is 1.02. The van der Waals surface area contributed by atoms with Crippen LogP contribution in [0.1, 0.15) is 6.92 Å². The van der Waals surface area contributed by atoms with E-state index < -0.39 is 23.9 Å². The van der Waals surface area contributed by atoms with Gasteiger partial charge in [-0.05, 0) is 19.1 Å². The number of fused-ring (bicyclic) bond motifs is 1. The number of esters is 1. The minimum Gasteiger partial charge on any atom is -0.485 e. The maximum absolute atomic E-state index is 11.9. The molecule has 2 amide bonds. The molecule has 1 aromatic carbocycles. The Morgan fingerprint density at radius 2 is 1.96 bits per heavy atom. The largest absolute Gasteiger partial charge is 0.485 e. The second kappa shape index (κ2) is 7.83. The summed E-state index contributed by atoms with van der Waals surface area (Å²) >= 11 is 0. The lowest BCUT2D eigenvalue weighted by Crippen LogP contribution is -2.50. The van der Waals surface area contributed by atoms with E-state index in [1.165, 1.54) is 0 Å². The summed E-state index contributed by atoms with van der Waals surface area (Å²) < 4.78 is 15.5. The summed E-state index contributed by atoms with van der Waals surface area (Å²) in [5, 5.41) is 0. The van der Waals surface area contributed by atoms with E-state index >= 15 is 0 Å². The van der Waals surface area contributed by atoms with Crippen LogP contribution < -0.4 is 20.3 Å². The third-order valence-electron chi connectivity index (χ3n) is 2.77. The Hall–Kier alpha value is -3.03. The molecule has 1 aliphatic heterocycles. The third-order valence-corrected chi connectivity index (χ3v) is 2.77. The lowest BCUT2D eigenvalue weighted by Gasteiger charge is -2.25. The van der Waals surface area contributed by atoms with Gasteiger partial charge in [-0.1, -0.05) is 12.1 Å². The number of ether oxygens (including phenoxy) is 3. The van der Waals surface area contributed by atoms with Crippen molar-refractivity contribution in [2.45, 2.75) is 13.0 Å². The molecule has 0 saturated carbocycles. The van der Waals surface area contributed by atoms with E-state index in [9.17, 15) is 14.4 Å². The molecule has 0 spiro atoms. The molecular formula is C15H16N2O6. The lowest BCUT2D eigenvalue weighted by atomic mass is 10.2. The molecule has 1 heterocycles. The van der Waals surface area contributed by atoms with Crippen molar-refractivity contribution in [3.05, 3.63) is 36.4 Å². The van der Waals surface area contributed by atoms with Crippen LogP contribution in [-0.4, -0.2) is 37.1 Å². The van der Waals surface area contributed by atoms with E-state index in [0.29, 0.717) is 11.5 Å². The van der Waals surface area contributed by atoms with Crippen molar-refractivity contribution in [3.63, 3.8) is 0 Å². The fraction of sp³-hybridized carbons (Fsp3) is 0.267. The zero-order chi connectivity index (χ0) is 16.7. The van der Waals surface area contributed by atoms with Crippen LogP contribution in [0.3, 0.4) is 0 Å².